The molecule has 1 heterocycles. The highest BCUT2D eigenvalue weighted by atomic mass is 79.9. The number of nitrogens with one attached hydrogen (secondary N) is 1. The van der Waals surface area contributed by atoms with E-state index < -0.39 is 0 Å². The van der Waals surface area contributed by atoms with E-state index in [0.717, 1.165) is 47.9 Å². The van der Waals surface area contributed by atoms with Crippen LogP contribution in [-0.4, -0.2) is 53.5 Å². The number of morpholine rings is 1. The number of thioether (sulfide) groups is 1. The molecule has 2 atom stereocenters. The smallest absolute Gasteiger partial charge is 0.289 e. The second kappa shape index (κ2) is 12.5. The van der Waals surface area contributed by atoms with Gasteiger partial charge in [-0.1, -0.05) is 53.9 Å². The molecule has 1 saturated carbocycles. The summed E-state index contributed by atoms with van der Waals surface area (Å²) in [7, 11) is 0. The maximum Gasteiger partial charge on any atom is 0.289 e. The fourth-order valence-electron chi connectivity index (χ4n) is 4.06. The molecule has 1 saturated heterocycles. The Morgan fingerprint density at radius 3 is 2.84 bits per heavy atom. The van der Waals surface area contributed by atoms with E-state index in [1.165, 1.54) is 18.6 Å². The Morgan fingerprint density at radius 2 is 2.03 bits per heavy atom. The molecule has 1 aromatic rings. The van der Waals surface area contributed by atoms with Crippen LogP contribution < -0.4 is 5.32 Å². The SMILES string of the molecule is CCCCSCCCNC(=O)CN1C(=O)/C(=C\c2ccccc2Br)OC2CCCCC21. The molecule has 1 N–H and O–H groups in total. The highest BCUT2D eigenvalue weighted by Crippen LogP contribution is 2.33. The fourth-order valence-corrected chi connectivity index (χ4v) is 5.50. The number of nitrogens with zero attached hydrogens (tertiary/aromatic N) is 1. The first kappa shape index (κ1) is 24.2. The van der Waals surface area contributed by atoms with Crippen LogP contribution in [0, 0.1) is 0 Å². The van der Waals surface area contributed by atoms with Crippen molar-refractivity contribution in [2.24, 2.45) is 0 Å². The quantitative estimate of drug-likeness (QED) is 0.356. The third-order valence-corrected chi connectivity index (χ3v) is 7.63. The Kier molecular flexibility index (Phi) is 9.78. The van der Waals surface area contributed by atoms with Crippen molar-refractivity contribution in [1.29, 1.82) is 0 Å². The minimum absolute atomic E-state index is 0.0204. The number of halogens is 1. The average Bonchev–Trinajstić information content (AvgIpc) is 2.77. The van der Waals surface area contributed by atoms with Crippen LogP contribution in [0.4, 0.5) is 0 Å². The van der Waals surface area contributed by atoms with Crippen LogP contribution in [0.1, 0.15) is 57.4 Å². The average molecular weight is 510 g/mol. The number of hydrogen-bond donors (Lipinski definition) is 1. The lowest BCUT2D eigenvalue weighted by atomic mass is 9.89. The Labute approximate surface area is 198 Å². The van der Waals surface area contributed by atoms with Gasteiger partial charge in [-0.25, -0.2) is 0 Å². The van der Waals surface area contributed by atoms with E-state index in [1.54, 1.807) is 11.0 Å². The molecule has 31 heavy (non-hydrogen) atoms. The highest BCUT2D eigenvalue weighted by molar-refractivity contribution is 9.10. The predicted molar refractivity (Wildman–Crippen MR) is 131 cm³/mol. The summed E-state index contributed by atoms with van der Waals surface area (Å²) in [5.74, 6) is 2.29. The first-order valence-corrected chi connectivity index (χ1v) is 13.3. The van der Waals surface area contributed by atoms with Gasteiger partial charge in [0, 0.05) is 11.0 Å². The molecular weight excluding hydrogens is 476 g/mol. The monoisotopic (exact) mass is 508 g/mol. The van der Waals surface area contributed by atoms with Gasteiger partial charge in [-0.05, 0) is 61.3 Å². The number of hydrogen-bond acceptors (Lipinski definition) is 4. The van der Waals surface area contributed by atoms with Gasteiger partial charge in [-0.15, -0.1) is 0 Å². The zero-order valence-corrected chi connectivity index (χ0v) is 20.7. The molecule has 1 aliphatic heterocycles. The summed E-state index contributed by atoms with van der Waals surface area (Å²) in [6.07, 6.45) is 9.13. The number of benzene rings is 1. The lowest BCUT2D eigenvalue weighted by Gasteiger charge is -2.44. The maximum absolute atomic E-state index is 13.2. The van der Waals surface area contributed by atoms with Gasteiger partial charge in [0.25, 0.3) is 5.91 Å². The van der Waals surface area contributed by atoms with Crippen LogP contribution in [0.3, 0.4) is 0 Å². The van der Waals surface area contributed by atoms with E-state index in [9.17, 15) is 9.59 Å². The van der Waals surface area contributed by atoms with E-state index in [1.807, 2.05) is 36.0 Å². The molecular formula is C24H33BrN2O3S. The second-order valence-corrected chi connectivity index (χ2v) is 10.2. The van der Waals surface area contributed by atoms with Crippen molar-refractivity contribution in [2.45, 2.75) is 64.0 Å². The van der Waals surface area contributed by atoms with Crippen LogP contribution in [0.2, 0.25) is 0 Å². The van der Waals surface area contributed by atoms with Gasteiger partial charge in [-0.3, -0.25) is 9.59 Å². The van der Waals surface area contributed by atoms with E-state index in [0.29, 0.717) is 12.3 Å². The number of unbranched alkanes of at least 4 members (excludes halogenated alkanes) is 1. The molecule has 7 heteroatoms. The van der Waals surface area contributed by atoms with Crippen LogP contribution in [0.25, 0.3) is 6.08 Å². The molecule has 5 nitrogen and oxygen atoms in total. The van der Waals surface area contributed by atoms with E-state index in [-0.39, 0.29) is 30.5 Å². The molecule has 2 unspecified atom stereocenters. The van der Waals surface area contributed by atoms with E-state index >= 15 is 0 Å². The number of ether oxygens (including phenoxy) is 1. The first-order chi connectivity index (χ1) is 15.1. The van der Waals surface area contributed by atoms with Crippen molar-refractivity contribution in [2.75, 3.05) is 24.6 Å². The molecule has 170 valence electrons. The zero-order chi connectivity index (χ0) is 22.1. The third kappa shape index (κ3) is 7.01. The molecule has 0 spiro atoms. The first-order valence-electron chi connectivity index (χ1n) is 11.4. The van der Waals surface area contributed by atoms with Crippen LogP contribution >= 0.6 is 27.7 Å². The van der Waals surface area contributed by atoms with Crippen LogP contribution in [0.5, 0.6) is 0 Å². The van der Waals surface area contributed by atoms with Gasteiger partial charge in [-0.2, -0.15) is 11.8 Å². The van der Waals surface area contributed by atoms with Gasteiger partial charge >= 0.3 is 0 Å². The minimum atomic E-state index is -0.191. The van der Waals surface area contributed by atoms with Crippen molar-refractivity contribution in [1.82, 2.24) is 10.2 Å². The molecule has 1 aromatic carbocycles. The Morgan fingerprint density at radius 1 is 1.26 bits per heavy atom. The summed E-state index contributed by atoms with van der Waals surface area (Å²) in [5.41, 5.74) is 0.894. The largest absolute Gasteiger partial charge is 0.482 e. The number of fused-ring (bicyclic) bond motifs is 1. The van der Waals surface area contributed by atoms with Crippen LogP contribution in [-0.2, 0) is 14.3 Å². The Balaban J connectivity index is 1.61. The number of rotatable bonds is 10. The van der Waals surface area contributed by atoms with Gasteiger partial charge in [0.2, 0.25) is 5.91 Å². The normalized spacial score (nSPS) is 22.2. The molecule has 0 bridgehead atoms. The summed E-state index contributed by atoms with van der Waals surface area (Å²) in [4.78, 5) is 27.6. The zero-order valence-electron chi connectivity index (χ0n) is 18.3. The molecule has 0 radical (unpaired) electrons. The lowest BCUT2D eigenvalue weighted by Crippen LogP contribution is -2.57. The van der Waals surface area contributed by atoms with Gasteiger partial charge in [0.05, 0.1) is 6.04 Å². The Bertz CT molecular complexity index is 786. The molecule has 2 amide bonds. The summed E-state index contributed by atoms with van der Waals surface area (Å²) < 4.78 is 7.04. The second-order valence-electron chi connectivity index (χ2n) is 8.14. The van der Waals surface area contributed by atoms with E-state index in [2.05, 4.69) is 28.2 Å². The summed E-state index contributed by atoms with van der Waals surface area (Å²) in [5, 5.41) is 3.00. The maximum atomic E-state index is 13.2. The Hall–Kier alpha value is -1.47. The van der Waals surface area contributed by atoms with Crippen LogP contribution in [0.15, 0.2) is 34.5 Å². The highest BCUT2D eigenvalue weighted by Gasteiger charge is 2.42. The van der Waals surface area contributed by atoms with Gasteiger partial charge in [0.15, 0.2) is 5.76 Å². The predicted octanol–water partition coefficient (Wildman–Crippen LogP) is 5.00. The topological polar surface area (TPSA) is 58.6 Å². The fraction of sp³-hybridized carbons (Fsp3) is 0.583. The number of carbonyl (C=O) groups is 2. The third-order valence-electron chi connectivity index (χ3n) is 5.75. The minimum Gasteiger partial charge on any atom is -0.482 e. The summed E-state index contributed by atoms with van der Waals surface area (Å²) in [6.45, 7) is 2.95. The van der Waals surface area contributed by atoms with Gasteiger partial charge in [0.1, 0.15) is 12.6 Å². The van der Waals surface area contributed by atoms with Crippen molar-refractivity contribution in [3.63, 3.8) is 0 Å². The molecule has 3 rings (SSSR count). The van der Waals surface area contributed by atoms with E-state index in [4.69, 9.17) is 4.74 Å². The number of carbonyl (C=O) groups excluding carboxylic acids is 2. The van der Waals surface area contributed by atoms with Gasteiger partial charge < -0.3 is 15.0 Å². The standard InChI is InChI=1S/C24H33BrN2O3S/c1-2-3-14-31-15-8-13-26-23(28)17-27-20-11-6-7-12-21(20)30-22(24(27)29)16-18-9-4-5-10-19(18)25/h4-5,9-10,16,20-21H,2-3,6-8,11-15,17H2,1H3,(H,26,28)/b22-16+. The molecule has 1 aliphatic carbocycles. The van der Waals surface area contributed by atoms with Crippen molar-refractivity contribution < 1.29 is 14.3 Å². The molecule has 0 aromatic heterocycles. The summed E-state index contributed by atoms with van der Waals surface area (Å²) in [6, 6.07) is 7.73. The van der Waals surface area contributed by atoms with Crippen molar-refractivity contribution >= 4 is 45.6 Å². The van der Waals surface area contributed by atoms with Crippen molar-refractivity contribution in [3.05, 3.63) is 40.1 Å². The van der Waals surface area contributed by atoms with Crippen molar-refractivity contribution in [3.8, 4) is 0 Å². The summed E-state index contributed by atoms with van der Waals surface area (Å²) >= 11 is 5.47. The lowest BCUT2D eigenvalue weighted by molar-refractivity contribution is -0.151. The molecule has 2 fully saturated rings. The molecule has 2 aliphatic rings. The number of amides is 2.